The molecule has 31 heavy (non-hydrogen) atoms. The van der Waals surface area contributed by atoms with Crippen molar-refractivity contribution in [2.24, 2.45) is 5.92 Å². The highest BCUT2D eigenvalue weighted by Gasteiger charge is 2.26. The van der Waals surface area contributed by atoms with Gasteiger partial charge >= 0.3 is 5.97 Å². The summed E-state index contributed by atoms with van der Waals surface area (Å²) in [7, 11) is 0. The Morgan fingerprint density at radius 1 is 1.06 bits per heavy atom. The number of rotatable bonds is 10. The molecule has 1 aliphatic heterocycles. The number of benzene rings is 2. The molecule has 6 heteroatoms. The van der Waals surface area contributed by atoms with Gasteiger partial charge in [0.2, 0.25) is 5.91 Å². The molecule has 0 spiro atoms. The molecule has 0 aromatic heterocycles. The molecule has 0 atom stereocenters. The van der Waals surface area contributed by atoms with Crippen LogP contribution in [0.5, 0.6) is 5.75 Å². The molecule has 0 aliphatic carbocycles. The summed E-state index contributed by atoms with van der Waals surface area (Å²) in [5, 5.41) is 2.95. The van der Waals surface area contributed by atoms with Crippen molar-refractivity contribution in [3.8, 4) is 5.75 Å². The van der Waals surface area contributed by atoms with E-state index in [4.69, 9.17) is 9.47 Å². The van der Waals surface area contributed by atoms with Gasteiger partial charge in [-0.05, 0) is 63.4 Å². The zero-order chi connectivity index (χ0) is 21.9. The van der Waals surface area contributed by atoms with Crippen LogP contribution in [0.4, 0.5) is 5.69 Å². The molecule has 1 fully saturated rings. The van der Waals surface area contributed by atoms with Crippen molar-refractivity contribution >= 4 is 17.6 Å². The number of ether oxygens (including phenoxy) is 2. The first-order valence-electron chi connectivity index (χ1n) is 11.1. The molecule has 1 heterocycles. The molecule has 1 N–H and O–H groups in total. The molecule has 0 bridgehead atoms. The molecule has 2 aromatic rings. The standard InChI is InChI=1S/C25H32N2O4/c1-2-30-25(29)21-13-15-27(16-14-21)19-24(28)26-22-11-6-12-23(18-22)31-17-7-10-20-8-4-3-5-9-20/h3-6,8-9,11-12,18,21H,2,7,10,13-17,19H2,1H3,(H,26,28). The molecule has 3 rings (SSSR count). The first-order valence-corrected chi connectivity index (χ1v) is 11.1. The van der Waals surface area contributed by atoms with E-state index >= 15 is 0 Å². The lowest BCUT2D eigenvalue weighted by atomic mass is 9.97. The van der Waals surface area contributed by atoms with Gasteiger partial charge in [0.25, 0.3) is 0 Å². The smallest absolute Gasteiger partial charge is 0.309 e. The lowest BCUT2D eigenvalue weighted by molar-refractivity contribution is -0.149. The number of carbonyl (C=O) groups is 2. The monoisotopic (exact) mass is 424 g/mol. The number of carbonyl (C=O) groups excluding carboxylic acids is 2. The van der Waals surface area contributed by atoms with Gasteiger partial charge in [0.05, 0.1) is 25.7 Å². The van der Waals surface area contributed by atoms with Crippen LogP contribution in [0.1, 0.15) is 31.7 Å². The summed E-state index contributed by atoms with van der Waals surface area (Å²) in [5.41, 5.74) is 2.03. The number of esters is 1. The van der Waals surface area contributed by atoms with E-state index in [2.05, 4.69) is 22.3 Å². The molecule has 1 saturated heterocycles. The van der Waals surface area contributed by atoms with Crippen LogP contribution in [0, 0.1) is 5.92 Å². The van der Waals surface area contributed by atoms with Crippen molar-refractivity contribution in [1.82, 2.24) is 4.90 Å². The lowest BCUT2D eigenvalue weighted by Crippen LogP contribution is -2.41. The van der Waals surface area contributed by atoms with E-state index in [1.807, 2.05) is 49.4 Å². The third kappa shape index (κ3) is 7.72. The van der Waals surface area contributed by atoms with Crippen molar-refractivity contribution in [3.63, 3.8) is 0 Å². The Hall–Kier alpha value is -2.86. The molecular formula is C25H32N2O4. The first-order chi connectivity index (χ1) is 15.1. The van der Waals surface area contributed by atoms with Crippen molar-refractivity contribution in [3.05, 3.63) is 60.2 Å². The van der Waals surface area contributed by atoms with Crippen LogP contribution in [0.2, 0.25) is 0 Å². The van der Waals surface area contributed by atoms with E-state index in [1.54, 1.807) is 0 Å². The van der Waals surface area contributed by atoms with Crippen molar-refractivity contribution in [2.75, 3.05) is 38.2 Å². The van der Waals surface area contributed by atoms with Gasteiger partial charge in [-0.1, -0.05) is 36.4 Å². The Morgan fingerprint density at radius 3 is 2.58 bits per heavy atom. The van der Waals surface area contributed by atoms with E-state index in [1.165, 1.54) is 5.56 Å². The van der Waals surface area contributed by atoms with E-state index in [9.17, 15) is 9.59 Å². The Morgan fingerprint density at radius 2 is 1.84 bits per heavy atom. The van der Waals surface area contributed by atoms with Gasteiger partial charge in [-0.2, -0.15) is 0 Å². The third-order valence-corrected chi connectivity index (χ3v) is 5.41. The van der Waals surface area contributed by atoms with Crippen LogP contribution in [0.15, 0.2) is 54.6 Å². The maximum absolute atomic E-state index is 12.4. The Kier molecular flexibility index (Phi) is 8.91. The summed E-state index contributed by atoms with van der Waals surface area (Å²) < 4.78 is 10.9. The normalized spacial score (nSPS) is 14.7. The van der Waals surface area contributed by atoms with Gasteiger partial charge < -0.3 is 14.8 Å². The number of aryl methyl sites for hydroxylation is 1. The lowest BCUT2D eigenvalue weighted by Gasteiger charge is -2.30. The molecule has 0 radical (unpaired) electrons. The van der Waals surface area contributed by atoms with Gasteiger partial charge in [-0.15, -0.1) is 0 Å². The zero-order valence-electron chi connectivity index (χ0n) is 18.2. The average Bonchev–Trinajstić information content (AvgIpc) is 2.78. The maximum Gasteiger partial charge on any atom is 0.309 e. The molecule has 0 unspecified atom stereocenters. The second-order valence-corrected chi connectivity index (χ2v) is 7.82. The van der Waals surface area contributed by atoms with E-state index in [-0.39, 0.29) is 17.8 Å². The number of hydrogen-bond acceptors (Lipinski definition) is 5. The second-order valence-electron chi connectivity index (χ2n) is 7.82. The Labute approximate surface area is 184 Å². The highest BCUT2D eigenvalue weighted by molar-refractivity contribution is 5.92. The van der Waals surface area contributed by atoms with Crippen LogP contribution in [0.25, 0.3) is 0 Å². The summed E-state index contributed by atoms with van der Waals surface area (Å²) in [6.45, 7) is 4.63. The second kappa shape index (κ2) is 12.1. The zero-order valence-corrected chi connectivity index (χ0v) is 18.2. The summed E-state index contributed by atoms with van der Waals surface area (Å²) >= 11 is 0. The predicted octanol–water partition coefficient (Wildman–Crippen LogP) is 3.91. The SMILES string of the molecule is CCOC(=O)C1CCN(CC(=O)Nc2cccc(OCCCc3ccccc3)c2)CC1. The summed E-state index contributed by atoms with van der Waals surface area (Å²) in [5.74, 6) is 0.527. The summed E-state index contributed by atoms with van der Waals surface area (Å²) in [4.78, 5) is 26.4. The van der Waals surface area contributed by atoms with E-state index in [0.29, 0.717) is 19.8 Å². The molecule has 166 valence electrons. The Balaban J connectivity index is 1.38. The molecule has 6 nitrogen and oxygen atoms in total. The first kappa shape index (κ1) is 22.8. The Bertz CT molecular complexity index is 832. The minimum Gasteiger partial charge on any atom is -0.494 e. The van der Waals surface area contributed by atoms with Crippen LogP contribution < -0.4 is 10.1 Å². The number of hydrogen-bond donors (Lipinski definition) is 1. The van der Waals surface area contributed by atoms with Crippen LogP contribution in [-0.2, 0) is 20.7 Å². The number of nitrogens with zero attached hydrogens (tertiary/aromatic N) is 1. The summed E-state index contributed by atoms with van der Waals surface area (Å²) in [6.07, 6.45) is 3.38. The van der Waals surface area contributed by atoms with Crippen molar-refractivity contribution < 1.29 is 19.1 Å². The fourth-order valence-corrected chi connectivity index (χ4v) is 3.77. The van der Waals surface area contributed by atoms with Gasteiger partial charge in [0, 0.05) is 11.8 Å². The molecular weight excluding hydrogens is 392 g/mol. The van der Waals surface area contributed by atoms with Crippen molar-refractivity contribution in [2.45, 2.75) is 32.6 Å². The van der Waals surface area contributed by atoms with Gasteiger partial charge in [0.1, 0.15) is 5.75 Å². The summed E-state index contributed by atoms with van der Waals surface area (Å²) in [6, 6.07) is 17.9. The molecule has 1 amide bonds. The van der Waals surface area contributed by atoms with Crippen LogP contribution >= 0.6 is 0 Å². The highest BCUT2D eigenvalue weighted by atomic mass is 16.5. The maximum atomic E-state index is 12.4. The molecule has 2 aromatic carbocycles. The number of piperidine rings is 1. The van der Waals surface area contributed by atoms with Gasteiger partial charge in [0.15, 0.2) is 0 Å². The number of nitrogens with one attached hydrogen (secondary N) is 1. The number of anilines is 1. The average molecular weight is 425 g/mol. The molecule has 0 saturated carbocycles. The minimum atomic E-state index is -0.118. The quantitative estimate of drug-likeness (QED) is 0.463. The minimum absolute atomic E-state index is 0.0463. The fourth-order valence-electron chi connectivity index (χ4n) is 3.77. The van der Waals surface area contributed by atoms with E-state index < -0.39 is 0 Å². The predicted molar refractivity (Wildman–Crippen MR) is 121 cm³/mol. The molecule has 1 aliphatic rings. The number of amides is 1. The topological polar surface area (TPSA) is 67.9 Å². The van der Waals surface area contributed by atoms with Gasteiger partial charge in [-0.3, -0.25) is 14.5 Å². The fraction of sp³-hybridized carbons (Fsp3) is 0.440. The van der Waals surface area contributed by atoms with E-state index in [0.717, 1.165) is 50.2 Å². The van der Waals surface area contributed by atoms with Gasteiger partial charge in [-0.25, -0.2) is 0 Å². The van der Waals surface area contributed by atoms with Crippen LogP contribution in [0.3, 0.4) is 0 Å². The largest absolute Gasteiger partial charge is 0.494 e. The van der Waals surface area contributed by atoms with Crippen LogP contribution in [-0.4, -0.2) is 49.6 Å². The van der Waals surface area contributed by atoms with Crippen molar-refractivity contribution in [1.29, 1.82) is 0 Å². The third-order valence-electron chi connectivity index (χ3n) is 5.41. The number of likely N-dealkylation sites (tertiary alicyclic amines) is 1. The highest BCUT2D eigenvalue weighted by Crippen LogP contribution is 2.20.